The average Bonchev–Trinajstić information content (AvgIpc) is 2.53. The molecule has 1 rings (SSSR count). The summed E-state index contributed by atoms with van der Waals surface area (Å²) in [6, 6.07) is -1.00. The van der Waals surface area contributed by atoms with Crippen LogP contribution >= 0.6 is 27.3 Å². The van der Waals surface area contributed by atoms with Crippen LogP contribution in [0.1, 0.15) is 33.7 Å². The van der Waals surface area contributed by atoms with Crippen molar-refractivity contribution in [2.24, 2.45) is 5.89 Å². The minimum absolute atomic E-state index is 0.0739. The molecule has 0 fully saturated rings. The van der Waals surface area contributed by atoms with E-state index in [9.17, 15) is 0 Å². The monoisotopic (exact) mass is 229 g/mol. The van der Waals surface area contributed by atoms with Crippen LogP contribution in [0.5, 0.6) is 0 Å². The average molecular weight is 230 g/mol. The molecule has 0 aliphatic carbocycles. The summed E-state index contributed by atoms with van der Waals surface area (Å²) < 4.78 is 82.9. The van der Waals surface area contributed by atoms with Crippen LogP contribution in [0.4, 0.5) is 0 Å². The van der Waals surface area contributed by atoms with Gasteiger partial charge in [-0.1, -0.05) is 13.7 Å². The van der Waals surface area contributed by atoms with Gasteiger partial charge in [0.1, 0.15) is 0 Å². The lowest BCUT2D eigenvalue weighted by Crippen LogP contribution is -1.89. The lowest BCUT2D eigenvalue weighted by Gasteiger charge is -1.98. The smallest absolute Gasteiger partial charge is 0.0701 e. The Kier molecular flexibility index (Phi) is 0.676. The number of halogens is 1. The van der Waals surface area contributed by atoms with E-state index < -0.39 is 36.9 Å². The molecule has 0 amide bonds. The number of hydrogen-bond donors (Lipinski definition) is 0. The summed E-state index contributed by atoms with van der Waals surface area (Å²) in [6.07, 6.45) is -3.16. The van der Waals surface area contributed by atoms with Crippen molar-refractivity contribution in [1.29, 1.82) is 0 Å². The Labute approximate surface area is 89.9 Å². The standard InChI is InChI=1S/C8H11BrS/c1-6(2)5-7-3-4-8(9)10-7/h3-4,6H,5H2,1-2H3/i1D3,2D3,3D,4D,5D2,6D. The third-order valence-corrected chi connectivity index (χ3v) is 2.08. The summed E-state index contributed by atoms with van der Waals surface area (Å²) in [5.41, 5.74) is 0. The molecule has 0 atom stereocenters. The van der Waals surface area contributed by atoms with Gasteiger partial charge < -0.3 is 0 Å². The van der Waals surface area contributed by atoms with Gasteiger partial charge in [0.25, 0.3) is 0 Å². The van der Waals surface area contributed by atoms with Gasteiger partial charge in [0, 0.05) is 17.2 Å². The Morgan fingerprint density at radius 2 is 2.80 bits per heavy atom. The fraction of sp³-hybridized carbons (Fsp3) is 0.500. The van der Waals surface area contributed by atoms with Gasteiger partial charge in [-0.05, 0) is 40.3 Å². The first-order valence-electron chi connectivity index (χ1n) is 7.85. The predicted molar refractivity (Wildman–Crippen MR) is 50.6 cm³/mol. The Hall–Kier alpha value is 0.180. The van der Waals surface area contributed by atoms with Crippen molar-refractivity contribution in [2.45, 2.75) is 20.1 Å². The minimum atomic E-state index is -3.46. The van der Waals surface area contributed by atoms with Gasteiger partial charge in [-0.15, -0.1) is 11.3 Å². The van der Waals surface area contributed by atoms with Gasteiger partial charge in [-0.25, -0.2) is 0 Å². The van der Waals surface area contributed by atoms with Gasteiger partial charge in [0.2, 0.25) is 0 Å². The van der Waals surface area contributed by atoms with Crippen molar-refractivity contribution in [1.82, 2.24) is 0 Å². The zero-order valence-corrected chi connectivity index (χ0v) is 7.19. The summed E-state index contributed by atoms with van der Waals surface area (Å²) in [5, 5.41) is 0. The fourth-order valence-corrected chi connectivity index (χ4v) is 1.54. The molecule has 1 aromatic heterocycles. The van der Waals surface area contributed by atoms with Crippen LogP contribution in [0.2, 0.25) is 0 Å². The molecule has 10 heavy (non-hydrogen) atoms. The Bertz CT molecular complexity index is 526. The van der Waals surface area contributed by atoms with E-state index in [1.807, 2.05) is 0 Å². The highest BCUT2D eigenvalue weighted by molar-refractivity contribution is 9.11. The van der Waals surface area contributed by atoms with Crippen LogP contribution in [0, 0.1) is 5.89 Å². The summed E-state index contributed by atoms with van der Waals surface area (Å²) >= 11 is 3.48. The molecule has 0 saturated heterocycles. The Morgan fingerprint density at radius 3 is 3.30 bits per heavy atom. The van der Waals surface area contributed by atoms with Crippen LogP contribution in [0.25, 0.3) is 0 Å². The second-order valence-electron chi connectivity index (χ2n) is 1.45. The lowest BCUT2D eigenvalue weighted by atomic mass is 10.1. The Morgan fingerprint density at radius 1 is 2.00 bits per heavy atom. The molecule has 0 radical (unpaired) electrons. The molecule has 0 nitrogen and oxygen atoms in total. The lowest BCUT2D eigenvalue weighted by molar-refractivity contribution is 0.654. The van der Waals surface area contributed by atoms with Gasteiger partial charge in [-0.3, -0.25) is 0 Å². The Balaban J connectivity index is 3.68. The minimum Gasteiger partial charge on any atom is -0.133 e. The van der Waals surface area contributed by atoms with E-state index in [1.54, 1.807) is 0 Å². The van der Waals surface area contributed by atoms with Gasteiger partial charge in [0.05, 0.1) is 6.53 Å². The highest BCUT2D eigenvalue weighted by Crippen LogP contribution is 2.23. The van der Waals surface area contributed by atoms with E-state index in [1.165, 1.54) is 0 Å². The first kappa shape index (κ1) is 1.91. The molecule has 2 heteroatoms. The van der Waals surface area contributed by atoms with Crippen LogP contribution in [-0.2, 0) is 6.37 Å². The fourth-order valence-electron chi connectivity index (χ4n) is 0.417. The molecule has 0 saturated carbocycles. The molecule has 0 spiro atoms. The quantitative estimate of drug-likeness (QED) is 0.726. The second-order valence-corrected chi connectivity index (χ2v) is 3.79. The summed E-state index contributed by atoms with van der Waals surface area (Å²) in [6.45, 7) is -6.90. The third-order valence-electron chi connectivity index (χ3n) is 0.705. The largest absolute Gasteiger partial charge is 0.133 e. The molecule has 56 valence electrons. The van der Waals surface area contributed by atoms with Crippen LogP contribution < -0.4 is 0 Å². The van der Waals surface area contributed by atoms with Crippen molar-refractivity contribution < 1.29 is 15.1 Å². The predicted octanol–water partition coefficient (Wildman–Crippen LogP) is 3.71. The maximum atomic E-state index is 7.93. The van der Waals surface area contributed by atoms with Crippen LogP contribution in [0.15, 0.2) is 15.9 Å². The molecule has 1 aromatic rings. The maximum absolute atomic E-state index is 7.93. The summed E-state index contributed by atoms with van der Waals surface area (Å²) in [7, 11) is 0. The van der Waals surface area contributed by atoms with E-state index >= 15 is 0 Å². The molecule has 0 unspecified atom stereocenters. The molecule has 0 aliphatic rings. The van der Waals surface area contributed by atoms with Crippen molar-refractivity contribution >= 4 is 27.3 Å². The zero-order valence-electron chi connectivity index (χ0n) is 15.8. The van der Waals surface area contributed by atoms with Gasteiger partial charge in [0.15, 0.2) is 0 Å². The van der Waals surface area contributed by atoms with Crippen molar-refractivity contribution in [2.75, 3.05) is 0 Å². The topological polar surface area (TPSA) is 0 Å². The van der Waals surface area contributed by atoms with Crippen molar-refractivity contribution in [3.8, 4) is 0 Å². The molecule has 1 heterocycles. The SMILES string of the molecule is [2H]c1c(Br)sc(C([2H])([2H])C([2H])(C([2H])([2H])[2H])C([2H])([2H])[2H])c1[2H]. The highest BCUT2D eigenvalue weighted by atomic mass is 79.9. The second kappa shape index (κ2) is 3.54. The number of thiophene rings is 1. The summed E-state index contributed by atoms with van der Waals surface area (Å²) in [5.74, 6) is -3.46. The molecular formula is C8H11BrS. The summed E-state index contributed by atoms with van der Waals surface area (Å²) in [4.78, 5) is -0.568. The molecule has 0 bridgehead atoms. The van der Waals surface area contributed by atoms with Crippen molar-refractivity contribution in [3.63, 3.8) is 0 Å². The zero-order chi connectivity index (χ0) is 17.0. The molecule has 0 N–H and O–H groups in total. The number of rotatable bonds is 2. The van der Waals surface area contributed by atoms with Crippen LogP contribution in [0.3, 0.4) is 0 Å². The van der Waals surface area contributed by atoms with E-state index in [2.05, 4.69) is 15.9 Å². The first-order chi connectivity index (χ1) is 9.09. The van der Waals surface area contributed by atoms with Crippen LogP contribution in [-0.4, -0.2) is 0 Å². The molecular weight excluding hydrogens is 208 g/mol. The van der Waals surface area contributed by atoms with E-state index in [4.69, 9.17) is 15.1 Å². The third kappa shape index (κ3) is 2.43. The first-order valence-corrected chi connectivity index (χ1v) is 3.96. The maximum Gasteiger partial charge on any atom is 0.0701 e. The van der Waals surface area contributed by atoms with Crippen molar-refractivity contribution in [3.05, 3.63) is 20.7 Å². The molecule has 0 aromatic carbocycles. The number of hydrogen-bond acceptors (Lipinski definition) is 1. The van der Waals surface area contributed by atoms with E-state index in [-0.39, 0.29) is 9.83 Å². The van der Waals surface area contributed by atoms with E-state index in [0.717, 1.165) is 0 Å². The van der Waals surface area contributed by atoms with Gasteiger partial charge in [-0.2, -0.15) is 0 Å². The normalized spacial score (nSPS) is 31.9. The molecule has 0 aliphatic heterocycles. The van der Waals surface area contributed by atoms with Gasteiger partial charge >= 0.3 is 0 Å². The highest BCUT2D eigenvalue weighted by Gasteiger charge is 1.99. The van der Waals surface area contributed by atoms with E-state index in [0.29, 0.717) is 11.3 Å².